The second-order valence-corrected chi connectivity index (χ2v) is 12.5. The first-order valence-corrected chi connectivity index (χ1v) is 16.7. The van der Waals surface area contributed by atoms with E-state index in [1.54, 1.807) is 0 Å². The molecule has 3 aromatic heterocycles. The molecule has 3 heterocycles. The molecule has 0 N–H and O–H groups in total. The minimum Gasteiger partial charge on any atom is -0.456 e. The zero-order valence-electron chi connectivity index (χ0n) is 26.9. The maximum atomic E-state index is 6.33. The van der Waals surface area contributed by atoms with Crippen molar-refractivity contribution in [3.05, 3.63) is 170 Å². The second-order valence-electron chi connectivity index (χ2n) is 12.5. The average molecular weight is 641 g/mol. The molecule has 0 aliphatic heterocycles. The molecule has 0 aliphatic rings. The molecular weight excluding hydrogens is 613 g/mol. The Kier molecular flexibility index (Phi) is 6.42. The Bertz CT molecular complexity index is 2800. The van der Waals surface area contributed by atoms with Gasteiger partial charge in [0.15, 0.2) is 17.5 Å². The molecule has 0 fully saturated rings. The number of para-hydroxylation sites is 1. The van der Waals surface area contributed by atoms with Gasteiger partial charge in [-0.15, -0.1) is 0 Å². The Labute approximate surface area is 287 Å². The lowest BCUT2D eigenvalue weighted by Crippen LogP contribution is -2.00. The first kappa shape index (κ1) is 28.2. The Balaban J connectivity index is 1.18. The number of fused-ring (bicyclic) bond motifs is 6. The highest BCUT2D eigenvalue weighted by Crippen LogP contribution is 2.38. The topological polar surface area (TPSA) is 56.7 Å². The molecule has 0 radical (unpaired) electrons. The van der Waals surface area contributed by atoms with Gasteiger partial charge in [0, 0.05) is 43.9 Å². The average Bonchev–Trinajstić information content (AvgIpc) is 3.73. The standard InChI is InChI=1S/C45H28N4O/c1-4-12-29(13-5-1)32-21-24-41-37(26-32)38-28-34(22-25-42(38)50-41)49-39-19-11-10-18-35(39)36-23-20-33(27-40(36)49)45-47-43(30-14-6-2-7-15-30)46-44(48-45)31-16-8-3-9-17-31/h1-28H. The molecule has 0 atom stereocenters. The van der Waals surface area contributed by atoms with Crippen molar-refractivity contribution < 1.29 is 4.42 Å². The van der Waals surface area contributed by atoms with Crippen LogP contribution in [0.3, 0.4) is 0 Å². The third-order valence-electron chi connectivity index (χ3n) is 9.45. The number of rotatable bonds is 5. The number of hydrogen-bond acceptors (Lipinski definition) is 4. The van der Waals surface area contributed by atoms with Crippen LogP contribution in [0.2, 0.25) is 0 Å². The molecule has 0 amide bonds. The zero-order valence-corrected chi connectivity index (χ0v) is 26.9. The number of nitrogens with zero attached hydrogens (tertiary/aromatic N) is 4. The van der Waals surface area contributed by atoms with Crippen LogP contribution in [0.4, 0.5) is 0 Å². The minimum absolute atomic E-state index is 0.626. The van der Waals surface area contributed by atoms with E-state index < -0.39 is 0 Å². The smallest absolute Gasteiger partial charge is 0.164 e. The molecule has 0 unspecified atom stereocenters. The summed E-state index contributed by atoms with van der Waals surface area (Å²) in [5.74, 6) is 1.91. The molecule has 0 aliphatic carbocycles. The fraction of sp³-hybridized carbons (Fsp3) is 0. The van der Waals surface area contributed by atoms with Crippen LogP contribution < -0.4 is 0 Å². The van der Waals surface area contributed by atoms with Crippen LogP contribution in [-0.2, 0) is 0 Å². The van der Waals surface area contributed by atoms with Crippen LogP contribution in [0.5, 0.6) is 0 Å². The molecular formula is C45H28N4O. The molecule has 0 spiro atoms. The van der Waals surface area contributed by atoms with Gasteiger partial charge in [-0.05, 0) is 53.6 Å². The molecule has 10 aromatic rings. The van der Waals surface area contributed by atoms with E-state index in [2.05, 4.69) is 108 Å². The van der Waals surface area contributed by atoms with Crippen molar-refractivity contribution in [2.45, 2.75) is 0 Å². The van der Waals surface area contributed by atoms with E-state index in [1.165, 1.54) is 10.9 Å². The molecule has 0 saturated heterocycles. The summed E-state index contributed by atoms with van der Waals surface area (Å²) in [6.45, 7) is 0. The van der Waals surface area contributed by atoms with Gasteiger partial charge in [0.2, 0.25) is 0 Å². The summed E-state index contributed by atoms with van der Waals surface area (Å²) in [5.41, 5.74) is 10.1. The van der Waals surface area contributed by atoms with Gasteiger partial charge < -0.3 is 8.98 Å². The van der Waals surface area contributed by atoms with Crippen LogP contribution in [0, 0.1) is 0 Å². The van der Waals surface area contributed by atoms with Gasteiger partial charge in [-0.3, -0.25) is 0 Å². The van der Waals surface area contributed by atoms with E-state index >= 15 is 0 Å². The molecule has 5 nitrogen and oxygen atoms in total. The zero-order chi connectivity index (χ0) is 33.0. The van der Waals surface area contributed by atoms with Crippen molar-refractivity contribution in [1.82, 2.24) is 19.5 Å². The van der Waals surface area contributed by atoms with Crippen molar-refractivity contribution in [2.24, 2.45) is 0 Å². The number of hydrogen-bond donors (Lipinski definition) is 0. The van der Waals surface area contributed by atoms with Crippen LogP contribution in [0.1, 0.15) is 0 Å². The summed E-state index contributed by atoms with van der Waals surface area (Å²) < 4.78 is 8.67. The number of furan rings is 1. The van der Waals surface area contributed by atoms with E-state index in [-0.39, 0.29) is 0 Å². The van der Waals surface area contributed by atoms with Gasteiger partial charge in [-0.2, -0.15) is 0 Å². The molecule has 0 bridgehead atoms. The molecule has 10 rings (SSSR count). The van der Waals surface area contributed by atoms with Gasteiger partial charge in [-0.1, -0.05) is 127 Å². The van der Waals surface area contributed by atoms with Crippen LogP contribution in [-0.4, -0.2) is 19.5 Å². The highest BCUT2D eigenvalue weighted by molar-refractivity contribution is 6.11. The van der Waals surface area contributed by atoms with Gasteiger partial charge >= 0.3 is 0 Å². The van der Waals surface area contributed by atoms with Crippen molar-refractivity contribution in [2.75, 3.05) is 0 Å². The van der Waals surface area contributed by atoms with E-state index in [9.17, 15) is 0 Å². The van der Waals surface area contributed by atoms with Gasteiger partial charge in [0.25, 0.3) is 0 Å². The lowest BCUT2D eigenvalue weighted by Gasteiger charge is -2.10. The third-order valence-corrected chi connectivity index (χ3v) is 9.45. The first-order chi connectivity index (χ1) is 24.8. The van der Waals surface area contributed by atoms with Gasteiger partial charge in [0.05, 0.1) is 11.0 Å². The summed E-state index contributed by atoms with van der Waals surface area (Å²) in [4.78, 5) is 14.9. The summed E-state index contributed by atoms with van der Waals surface area (Å²) in [5, 5.41) is 4.52. The number of aromatic nitrogens is 4. The quantitative estimate of drug-likeness (QED) is 0.188. The highest BCUT2D eigenvalue weighted by Gasteiger charge is 2.18. The van der Waals surface area contributed by atoms with Crippen molar-refractivity contribution >= 4 is 43.7 Å². The summed E-state index contributed by atoms with van der Waals surface area (Å²) in [7, 11) is 0. The Morgan fingerprint density at radius 1 is 0.340 bits per heavy atom. The van der Waals surface area contributed by atoms with Crippen LogP contribution >= 0.6 is 0 Å². The Hall–Kier alpha value is -6.85. The lowest BCUT2D eigenvalue weighted by atomic mass is 10.0. The maximum Gasteiger partial charge on any atom is 0.164 e. The molecule has 7 aromatic carbocycles. The number of benzene rings is 7. The highest BCUT2D eigenvalue weighted by atomic mass is 16.3. The van der Waals surface area contributed by atoms with Crippen molar-refractivity contribution in [1.29, 1.82) is 0 Å². The lowest BCUT2D eigenvalue weighted by molar-refractivity contribution is 0.669. The largest absolute Gasteiger partial charge is 0.456 e. The first-order valence-electron chi connectivity index (χ1n) is 16.7. The summed E-state index contributed by atoms with van der Waals surface area (Å²) in [6.07, 6.45) is 0. The van der Waals surface area contributed by atoms with Crippen LogP contribution in [0.15, 0.2) is 174 Å². The van der Waals surface area contributed by atoms with E-state index in [1.807, 2.05) is 66.7 Å². The molecule has 50 heavy (non-hydrogen) atoms. The predicted octanol–water partition coefficient (Wildman–Crippen LogP) is 11.5. The normalized spacial score (nSPS) is 11.6. The third kappa shape index (κ3) is 4.67. The fourth-order valence-corrected chi connectivity index (χ4v) is 7.04. The van der Waals surface area contributed by atoms with Crippen molar-refractivity contribution in [3.63, 3.8) is 0 Å². The molecule has 5 heteroatoms. The summed E-state index contributed by atoms with van der Waals surface area (Å²) in [6, 6.07) is 58.7. The van der Waals surface area contributed by atoms with Gasteiger partial charge in [-0.25, -0.2) is 15.0 Å². The Morgan fingerprint density at radius 3 is 1.54 bits per heavy atom. The molecule has 234 valence electrons. The maximum absolute atomic E-state index is 6.33. The summed E-state index contributed by atoms with van der Waals surface area (Å²) >= 11 is 0. The fourth-order valence-electron chi connectivity index (χ4n) is 7.04. The van der Waals surface area contributed by atoms with E-state index in [4.69, 9.17) is 19.4 Å². The second kappa shape index (κ2) is 11.4. The SMILES string of the molecule is c1ccc(-c2ccc3oc4ccc(-n5c6ccccc6c6ccc(-c7nc(-c8ccccc8)nc(-c8ccccc8)n7)cc65)cc4c3c2)cc1. The van der Waals surface area contributed by atoms with Gasteiger partial charge in [0.1, 0.15) is 11.2 Å². The Morgan fingerprint density at radius 2 is 0.860 bits per heavy atom. The van der Waals surface area contributed by atoms with E-state index in [0.717, 1.165) is 66.3 Å². The van der Waals surface area contributed by atoms with E-state index in [0.29, 0.717) is 17.5 Å². The predicted molar refractivity (Wildman–Crippen MR) is 203 cm³/mol. The molecule has 0 saturated carbocycles. The van der Waals surface area contributed by atoms with Crippen LogP contribution in [0.25, 0.3) is 94.7 Å². The monoisotopic (exact) mass is 640 g/mol. The minimum atomic E-state index is 0.626. The van der Waals surface area contributed by atoms with Crippen molar-refractivity contribution in [3.8, 4) is 51.0 Å².